The minimum Gasteiger partial charge on any atom is -0.378 e. The van der Waals surface area contributed by atoms with Crippen LogP contribution in [0.15, 0.2) is 60.7 Å². The predicted octanol–water partition coefficient (Wildman–Crippen LogP) is 4.53. The van der Waals surface area contributed by atoms with Crippen LogP contribution in [-0.4, -0.2) is 38.1 Å². The summed E-state index contributed by atoms with van der Waals surface area (Å²) in [6.45, 7) is 3.43. The number of morpholine rings is 1. The number of hydrogen-bond donors (Lipinski definition) is 2. The first kappa shape index (κ1) is 21.7. The second kappa shape index (κ2) is 9.77. The lowest BCUT2D eigenvalue weighted by atomic mass is 10.1. The first-order chi connectivity index (χ1) is 16.2. The van der Waals surface area contributed by atoms with Gasteiger partial charge < -0.3 is 20.3 Å². The van der Waals surface area contributed by atoms with Crippen molar-refractivity contribution in [3.63, 3.8) is 0 Å². The van der Waals surface area contributed by atoms with E-state index in [0.29, 0.717) is 24.6 Å². The minimum atomic E-state index is -0.0934. The van der Waals surface area contributed by atoms with Gasteiger partial charge in [0.05, 0.1) is 23.1 Å². The molecule has 1 aromatic heterocycles. The third kappa shape index (κ3) is 5.26. The van der Waals surface area contributed by atoms with Gasteiger partial charge in [0.25, 0.3) is 5.91 Å². The second-order valence-electron chi connectivity index (χ2n) is 8.44. The van der Waals surface area contributed by atoms with Crippen LogP contribution in [0.5, 0.6) is 0 Å². The Balaban J connectivity index is 1.30. The molecule has 170 valence electrons. The molecule has 0 atom stereocenters. The molecular weight excluding hydrogens is 434 g/mol. The second-order valence-corrected chi connectivity index (χ2v) is 9.47. The van der Waals surface area contributed by atoms with Gasteiger partial charge in [0.2, 0.25) is 5.91 Å². The molecule has 1 saturated carbocycles. The smallest absolute Gasteiger partial charge is 0.261 e. The Bertz CT molecular complexity index is 1130. The molecule has 2 aliphatic rings. The van der Waals surface area contributed by atoms with E-state index in [1.807, 2.05) is 48.5 Å². The minimum absolute atomic E-state index is 0.0823. The molecule has 2 aromatic carbocycles. The van der Waals surface area contributed by atoms with Crippen LogP contribution in [-0.2, 0) is 16.1 Å². The number of nitrogens with zero attached hydrogens (tertiary/aromatic N) is 1. The van der Waals surface area contributed by atoms with E-state index in [4.69, 9.17) is 4.74 Å². The van der Waals surface area contributed by atoms with Crippen molar-refractivity contribution in [3.05, 3.63) is 71.1 Å². The van der Waals surface area contributed by atoms with Gasteiger partial charge in [-0.15, -0.1) is 11.3 Å². The van der Waals surface area contributed by atoms with Gasteiger partial charge in [-0.05, 0) is 42.2 Å². The average Bonchev–Trinajstić information content (AvgIpc) is 3.62. The van der Waals surface area contributed by atoms with E-state index in [-0.39, 0.29) is 17.7 Å². The zero-order chi connectivity index (χ0) is 22.6. The molecule has 0 unspecified atom stereocenters. The number of carbonyl (C=O) groups is 2. The molecule has 1 aliphatic carbocycles. The first-order valence-corrected chi connectivity index (χ1v) is 12.2. The summed E-state index contributed by atoms with van der Waals surface area (Å²) in [5.74, 6) is 0.148. The maximum Gasteiger partial charge on any atom is 0.261 e. The number of amides is 2. The van der Waals surface area contributed by atoms with Gasteiger partial charge in [-0.2, -0.15) is 0 Å². The fraction of sp³-hybridized carbons (Fsp3) is 0.308. The molecule has 2 N–H and O–H groups in total. The van der Waals surface area contributed by atoms with E-state index in [0.717, 1.165) is 53.3 Å². The van der Waals surface area contributed by atoms with E-state index in [1.165, 1.54) is 11.3 Å². The molecule has 2 amide bonds. The van der Waals surface area contributed by atoms with Gasteiger partial charge >= 0.3 is 0 Å². The number of nitrogens with one attached hydrogen (secondary N) is 2. The van der Waals surface area contributed by atoms with Crippen molar-refractivity contribution in [2.24, 2.45) is 5.92 Å². The van der Waals surface area contributed by atoms with Gasteiger partial charge in [-0.1, -0.05) is 42.5 Å². The van der Waals surface area contributed by atoms with E-state index in [2.05, 4.69) is 27.7 Å². The van der Waals surface area contributed by atoms with Crippen molar-refractivity contribution in [2.75, 3.05) is 36.5 Å². The van der Waals surface area contributed by atoms with E-state index in [9.17, 15) is 9.59 Å². The monoisotopic (exact) mass is 461 g/mol. The Kier molecular flexibility index (Phi) is 6.41. The molecule has 3 aromatic rings. The topological polar surface area (TPSA) is 70.7 Å². The molecule has 5 rings (SSSR count). The van der Waals surface area contributed by atoms with Crippen LogP contribution in [0.1, 0.15) is 28.1 Å². The van der Waals surface area contributed by atoms with Crippen LogP contribution < -0.4 is 15.5 Å². The van der Waals surface area contributed by atoms with E-state index >= 15 is 0 Å². The quantitative estimate of drug-likeness (QED) is 0.542. The number of benzene rings is 2. The van der Waals surface area contributed by atoms with Crippen LogP contribution in [0.4, 0.5) is 10.7 Å². The number of hydrogen-bond acceptors (Lipinski definition) is 5. The highest BCUT2D eigenvalue weighted by Crippen LogP contribution is 2.39. The fourth-order valence-corrected chi connectivity index (χ4v) is 5.09. The van der Waals surface area contributed by atoms with Crippen molar-refractivity contribution in [3.8, 4) is 11.1 Å². The van der Waals surface area contributed by atoms with E-state index < -0.39 is 0 Å². The highest BCUT2D eigenvalue weighted by molar-refractivity contribution is 7.18. The van der Waals surface area contributed by atoms with Crippen LogP contribution in [0.2, 0.25) is 0 Å². The molecule has 0 bridgehead atoms. The Morgan fingerprint density at radius 3 is 2.55 bits per heavy atom. The summed E-state index contributed by atoms with van der Waals surface area (Å²) < 4.78 is 5.52. The maximum absolute atomic E-state index is 13.0. The largest absolute Gasteiger partial charge is 0.378 e. The zero-order valence-corrected chi connectivity index (χ0v) is 19.2. The third-order valence-electron chi connectivity index (χ3n) is 5.92. The van der Waals surface area contributed by atoms with Crippen LogP contribution in [0.25, 0.3) is 11.1 Å². The summed E-state index contributed by atoms with van der Waals surface area (Å²) in [4.78, 5) is 28.1. The Hall–Kier alpha value is -3.16. The lowest BCUT2D eigenvalue weighted by molar-refractivity contribution is -0.117. The van der Waals surface area contributed by atoms with Gasteiger partial charge in [0, 0.05) is 36.8 Å². The number of thiophene rings is 1. The van der Waals surface area contributed by atoms with Crippen LogP contribution in [0.3, 0.4) is 0 Å². The first-order valence-electron chi connectivity index (χ1n) is 11.4. The molecule has 1 saturated heterocycles. The van der Waals surface area contributed by atoms with Crippen LogP contribution in [0, 0.1) is 5.92 Å². The number of anilines is 2. The van der Waals surface area contributed by atoms with Gasteiger partial charge in [0.1, 0.15) is 0 Å². The normalized spacial score (nSPS) is 15.8. The number of ether oxygens (including phenoxy) is 1. The Morgan fingerprint density at radius 1 is 1.00 bits per heavy atom. The molecule has 6 nitrogen and oxygen atoms in total. The highest BCUT2D eigenvalue weighted by atomic mass is 32.1. The number of carbonyl (C=O) groups excluding carboxylic acids is 2. The lowest BCUT2D eigenvalue weighted by Gasteiger charge is -2.28. The van der Waals surface area contributed by atoms with Crippen molar-refractivity contribution in [1.29, 1.82) is 0 Å². The standard InChI is InChI=1S/C26H27N3O3S/c30-24(20-9-10-20)28-21-8-4-5-18(15-21)17-27-25(31)23-16-22(19-6-2-1-3-7-19)26(33-23)29-11-13-32-14-12-29/h1-8,15-16,20H,9-14,17H2,(H,27,31)(H,28,30). The van der Waals surface area contributed by atoms with Gasteiger partial charge in [-0.25, -0.2) is 0 Å². The summed E-state index contributed by atoms with van der Waals surface area (Å²) >= 11 is 1.53. The molecule has 1 aliphatic heterocycles. The molecule has 2 heterocycles. The summed E-state index contributed by atoms with van der Waals surface area (Å²) in [6.07, 6.45) is 1.94. The van der Waals surface area contributed by atoms with E-state index in [1.54, 1.807) is 0 Å². The molecule has 33 heavy (non-hydrogen) atoms. The average molecular weight is 462 g/mol. The van der Waals surface area contributed by atoms with Crippen LogP contribution >= 0.6 is 11.3 Å². The fourth-order valence-electron chi connectivity index (χ4n) is 3.94. The Morgan fingerprint density at radius 2 is 1.79 bits per heavy atom. The lowest BCUT2D eigenvalue weighted by Crippen LogP contribution is -2.35. The SMILES string of the molecule is O=C(NCc1cccc(NC(=O)C2CC2)c1)c1cc(-c2ccccc2)c(N2CCOCC2)s1. The predicted molar refractivity (Wildman–Crippen MR) is 132 cm³/mol. The summed E-state index contributed by atoms with van der Waals surface area (Å²) in [6, 6.07) is 19.8. The molecule has 0 radical (unpaired) electrons. The summed E-state index contributed by atoms with van der Waals surface area (Å²) in [5, 5.41) is 7.12. The van der Waals surface area contributed by atoms with Gasteiger partial charge in [0.15, 0.2) is 0 Å². The summed E-state index contributed by atoms with van der Waals surface area (Å²) in [5.41, 5.74) is 3.91. The molecular formula is C26H27N3O3S. The van der Waals surface area contributed by atoms with Gasteiger partial charge in [-0.3, -0.25) is 9.59 Å². The Labute approximate surface area is 197 Å². The number of rotatable bonds is 7. The maximum atomic E-state index is 13.0. The molecule has 2 fully saturated rings. The summed E-state index contributed by atoms with van der Waals surface area (Å²) in [7, 11) is 0. The van der Waals surface area contributed by atoms with Crippen molar-refractivity contribution >= 4 is 33.8 Å². The van der Waals surface area contributed by atoms with Crippen molar-refractivity contribution in [1.82, 2.24) is 5.32 Å². The highest BCUT2D eigenvalue weighted by Gasteiger charge is 2.29. The molecule has 0 spiro atoms. The zero-order valence-electron chi connectivity index (χ0n) is 18.4. The van der Waals surface area contributed by atoms with Crippen molar-refractivity contribution < 1.29 is 14.3 Å². The third-order valence-corrected chi connectivity index (χ3v) is 7.11. The molecule has 7 heteroatoms. The van der Waals surface area contributed by atoms with Crippen molar-refractivity contribution in [2.45, 2.75) is 19.4 Å².